The first-order valence-electron chi connectivity index (χ1n) is 7.66. The van der Waals surface area contributed by atoms with Gasteiger partial charge in [0.05, 0.1) is 13.2 Å². The van der Waals surface area contributed by atoms with Gasteiger partial charge in [0.1, 0.15) is 0 Å². The van der Waals surface area contributed by atoms with Crippen molar-refractivity contribution >= 4 is 0 Å². The normalized spacial score (nSPS) is 26.8. The topological polar surface area (TPSA) is 24.5 Å². The third kappa shape index (κ3) is 3.69. The number of piperidine rings is 1. The second-order valence-corrected chi connectivity index (χ2v) is 6.65. The first kappa shape index (κ1) is 14.3. The quantitative estimate of drug-likeness (QED) is 0.786. The Kier molecular flexibility index (Phi) is 5.05. The minimum absolute atomic E-state index is 0.400. The van der Waals surface area contributed by atoms with E-state index in [9.17, 15) is 0 Å². The number of rotatable bonds is 6. The molecular weight excluding hydrogens is 224 g/mol. The molecule has 1 unspecified atom stereocenters. The molecule has 0 aromatic heterocycles. The zero-order valence-electron chi connectivity index (χ0n) is 12.4. The molecule has 0 spiro atoms. The van der Waals surface area contributed by atoms with Gasteiger partial charge in [0.25, 0.3) is 0 Å². The molecule has 0 aromatic carbocycles. The van der Waals surface area contributed by atoms with E-state index in [1.807, 2.05) is 0 Å². The van der Waals surface area contributed by atoms with Crippen molar-refractivity contribution in [1.29, 1.82) is 0 Å². The summed E-state index contributed by atoms with van der Waals surface area (Å²) in [7, 11) is 0. The van der Waals surface area contributed by atoms with Crippen molar-refractivity contribution in [3.05, 3.63) is 0 Å². The Morgan fingerprint density at radius 1 is 1.33 bits per heavy atom. The summed E-state index contributed by atoms with van der Waals surface area (Å²) in [6.07, 6.45) is 4.01. The molecule has 0 aromatic rings. The van der Waals surface area contributed by atoms with Crippen LogP contribution in [-0.2, 0) is 4.74 Å². The first-order chi connectivity index (χ1) is 8.63. The fraction of sp³-hybridized carbons (Fsp3) is 1.00. The van der Waals surface area contributed by atoms with E-state index in [1.54, 1.807) is 0 Å². The molecule has 2 heterocycles. The van der Waals surface area contributed by atoms with Crippen molar-refractivity contribution in [2.75, 3.05) is 39.4 Å². The maximum Gasteiger partial charge on any atom is 0.0554 e. The summed E-state index contributed by atoms with van der Waals surface area (Å²) in [6, 6.07) is 0.659. The van der Waals surface area contributed by atoms with Gasteiger partial charge in [-0.15, -0.1) is 0 Å². The number of nitrogens with one attached hydrogen (secondary N) is 1. The third-order valence-electron chi connectivity index (χ3n) is 4.63. The summed E-state index contributed by atoms with van der Waals surface area (Å²) in [5.41, 5.74) is 0.400. The van der Waals surface area contributed by atoms with Crippen LogP contribution in [0, 0.1) is 11.3 Å². The lowest BCUT2D eigenvalue weighted by atomic mass is 9.86. The smallest absolute Gasteiger partial charge is 0.0554 e. The molecule has 106 valence electrons. The molecule has 0 bridgehead atoms. The predicted octanol–water partition coefficient (Wildman–Crippen LogP) is 2.12. The average molecular weight is 254 g/mol. The number of ether oxygens (including phenoxy) is 1. The van der Waals surface area contributed by atoms with E-state index >= 15 is 0 Å². The van der Waals surface area contributed by atoms with Gasteiger partial charge in [-0.05, 0) is 51.7 Å². The van der Waals surface area contributed by atoms with Crippen LogP contribution in [-0.4, -0.2) is 50.3 Å². The van der Waals surface area contributed by atoms with Crippen LogP contribution in [0.3, 0.4) is 0 Å². The molecule has 2 aliphatic rings. The Labute approximate surface area is 112 Å². The summed E-state index contributed by atoms with van der Waals surface area (Å²) in [4.78, 5) is 2.62. The van der Waals surface area contributed by atoms with E-state index in [2.05, 4.69) is 31.0 Å². The lowest BCUT2D eigenvalue weighted by Gasteiger charge is -2.41. The molecule has 18 heavy (non-hydrogen) atoms. The van der Waals surface area contributed by atoms with Crippen LogP contribution in [0.25, 0.3) is 0 Å². The van der Waals surface area contributed by atoms with Crippen molar-refractivity contribution < 1.29 is 4.74 Å². The summed E-state index contributed by atoms with van der Waals surface area (Å²) in [6.45, 7) is 13.8. The SMILES string of the molecule is CCCN1CCC(C(C)NCC2(C)COC2)CC1. The molecule has 3 heteroatoms. The van der Waals surface area contributed by atoms with E-state index in [0.717, 1.165) is 25.7 Å². The van der Waals surface area contributed by atoms with E-state index in [-0.39, 0.29) is 0 Å². The van der Waals surface area contributed by atoms with Gasteiger partial charge in [-0.2, -0.15) is 0 Å². The van der Waals surface area contributed by atoms with E-state index < -0.39 is 0 Å². The van der Waals surface area contributed by atoms with Crippen molar-refractivity contribution in [2.24, 2.45) is 11.3 Å². The zero-order chi connectivity index (χ0) is 13.0. The highest BCUT2D eigenvalue weighted by Gasteiger charge is 2.34. The van der Waals surface area contributed by atoms with Crippen LogP contribution in [0.4, 0.5) is 0 Å². The van der Waals surface area contributed by atoms with Crippen LogP contribution in [0.1, 0.15) is 40.0 Å². The molecule has 2 fully saturated rings. The van der Waals surface area contributed by atoms with Crippen LogP contribution in [0.5, 0.6) is 0 Å². The molecule has 3 nitrogen and oxygen atoms in total. The maximum absolute atomic E-state index is 5.31. The molecule has 0 saturated carbocycles. The van der Waals surface area contributed by atoms with Gasteiger partial charge in [0.2, 0.25) is 0 Å². The molecule has 0 aliphatic carbocycles. The van der Waals surface area contributed by atoms with Gasteiger partial charge in [-0.25, -0.2) is 0 Å². The Morgan fingerprint density at radius 2 is 2.00 bits per heavy atom. The van der Waals surface area contributed by atoms with Gasteiger partial charge in [0.15, 0.2) is 0 Å². The van der Waals surface area contributed by atoms with E-state index in [0.29, 0.717) is 11.5 Å². The maximum atomic E-state index is 5.31. The second-order valence-electron chi connectivity index (χ2n) is 6.65. The van der Waals surface area contributed by atoms with Gasteiger partial charge in [-0.1, -0.05) is 13.8 Å². The summed E-state index contributed by atoms with van der Waals surface area (Å²) in [5, 5.41) is 3.74. The molecular formula is C15H30N2O. The molecule has 1 atom stereocenters. The van der Waals surface area contributed by atoms with Gasteiger partial charge in [0, 0.05) is 18.0 Å². The highest BCUT2D eigenvalue weighted by Crippen LogP contribution is 2.26. The van der Waals surface area contributed by atoms with Crippen LogP contribution < -0.4 is 5.32 Å². The van der Waals surface area contributed by atoms with Crippen LogP contribution in [0.15, 0.2) is 0 Å². The van der Waals surface area contributed by atoms with Crippen molar-refractivity contribution in [3.8, 4) is 0 Å². The standard InChI is InChI=1S/C15H30N2O/c1-4-7-17-8-5-14(6-9-17)13(2)16-10-15(3)11-18-12-15/h13-14,16H,4-12H2,1-3H3. The molecule has 2 rings (SSSR count). The summed E-state index contributed by atoms with van der Waals surface area (Å²) in [5.74, 6) is 0.864. The Hall–Kier alpha value is -0.120. The highest BCUT2D eigenvalue weighted by molar-refractivity contribution is 4.86. The van der Waals surface area contributed by atoms with Crippen LogP contribution in [0.2, 0.25) is 0 Å². The van der Waals surface area contributed by atoms with E-state index in [4.69, 9.17) is 4.74 Å². The number of hydrogen-bond donors (Lipinski definition) is 1. The number of hydrogen-bond acceptors (Lipinski definition) is 3. The lowest BCUT2D eigenvalue weighted by molar-refractivity contribution is -0.101. The summed E-state index contributed by atoms with van der Waals surface area (Å²) < 4.78 is 5.31. The Morgan fingerprint density at radius 3 is 2.50 bits per heavy atom. The van der Waals surface area contributed by atoms with E-state index in [1.165, 1.54) is 38.9 Å². The average Bonchev–Trinajstić information content (AvgIpc) is 2.35. The minimum Gasteiger partial charge on any atom is -0.380 e. The predicted molar refractivity (Wildman–Crippen MR) is 75.8 cm³/mol. The van der Waals surface area contributed by atoms with Gasteiger partial charge >= 0.3 is 0 Å². The largest absolute Gasteiger partial charge is 0.380 e. The fourth-order valence-electron chi connectivity index (χ4n) is 3.12. The monoisotopic (exact) mass is 254 g/mol. The second kappa shape index (κ2) is 6.36. The van der Waals surface area contributed by atoms with Gasteiger partial charge < -0.3 is 15.0 Å². The number of likely N-dealkylation sites (tertiary alicyclic amines) is 1. The Balaban J connectivity index is 1.65. The number of nitrogens with zero attached hydrogens (tertiary/aromatic N) is 1. The third-order valence-corrected chi connectivity index (χ3v) is 4.63. The van der Waals surface area contributed by atoms with Gasteiger partial charge in [-0.3, -0.25) is 0 Å². The minimum atomic E-state index is 0.400. The molecule has 1 N–H and O–H groups in total. The van der Waals surface area contributed by atoms with Crippen molar-refractivity contribution in [2.45, 2.75) is 46.1 Å². The molecule has 0 amide bonds. The molecule has 0 radical (unpaired) electrons. The van der Waals surface area contributed by atoms with Crippen LogP contribution >= 0.6 is 0 Å². The summed E-state index contributed by atoms with van der Waals surface area (Å²) >= 11 is 0. The fourth-order valence-corrected chi connectivity index (χ4v) is 3.12. The Bertz CT molecular complexity index is 245. The highest BCUT2D eigenvalue weighted by atomic mass is 16.5. The van der Waals surface area contributed by atoms with Crippen molar-refractivity contribution in [3.63, 3.8) is 0 Å². The first-order valence-corrected chi connectivity index (χ1v) is 7.66. The lowest BCUT2D eigenvalue weighted by Crippen LogP contribution is -2.51. The van der Waals surface area contributed by atoms with Crippen molar-refractivity contribution in [1.82, 2.24) is 10.2 Å². The molecule has 2 saturated heterocycles. The zero-order valence-corrected chi connectivity index (χ0v) is 12.4. The molecule has 2 aliphatic heterocycles.